The van der Waals surface area contributed by atoms with Crippen molar-refractivity contribution in [2.75, 3.05) is 31.3 Å². The van der Waals surface area contributed by atoms with Gasteiger partial charge in [0.15, 0.2) is 0 Å². The van der Waals surface area contributed by atoms with E-state index >= 15 is 0 Å². The zero-order chi connectivity index (χ0) is 14.3. The molecule has 5 N–H and O–H groups in total. The minimum Gasteiger partial charge on any atom is -0.398 e. The molecule has 0 saturated heterocycles. The molecule has 0 radical (unpaired) electrons. The summed E-state index contributed by atoms with van der Waals surface area (Å²) < 4.78 is 27.3. The first-order valence-electron chi connectivity index (χ1n) is 6.10. The molecule has 1 rings (SSSR count). The van der Waals surface area contributed by atoms with Crippen LogP contribution in [0.15, 0.2) is 23.1 Å². The quantitative estimate of drug-likeness (QED) is 0.491. The van der Waals surface area contributed by atoms with E-state index in [0.717, 1.165) is 38.1 Å². The minimum absolute atomic E-state index is 0.0434. The van der Waals surface area contributed by atoms with Crippen LogP contribution in [0.3, 0.4) is 0 Å². The Bertz CT molecular complexity index is 503. The van der Waals surface area contributed by atoms with Crippen molar-refractivity contribution in [2.24, 2.45) is 5.14 Å². The number of anilines is 2. The molecule has 1 aromatic rings. The van der Waals surface area contributed by atoms with Crippen LogP contribution in [0.1, 0.15) is 19.3 Å². The smallest absolute Gasteiger partial charge is 0.240 e. The lowest BCUT2D eigenvalue weighted by molar-refractivity contribution is 0.192. The summed E-state index contributed by atoms with van der Waals surface area (Å²) in [5.41, 5.74) is 6.61. The summed E-state index contributed by atoms with van der Waals surface area (Å²) in [7, 11) is -2.06. The summed E-state index contributed by atoms with van der Waals surface area (Å²) in [5, 5.41) is 8.22. The largest absolute Gasteiger partial charge is 0.398 e. The fraction of sp³-hybridized carbons (Fsp3) is 0.500. The second-order valence-electron chi connectivity index (χ2n) is 4.28. The van der Waals surface area contributed by atoms with Gasteiger partial charge in [-0.25, -0.2) is 13.6 Å². The maximum absolute atomic E-state index is 11.2. The molecule has 7 heteroatoms. The molecule has 0 aliphatic carbocycles. The Morgan fingerprint density at radius 3 is 2.58 bits per heavy atom. The van der Waals surface area contributed by atoms with Gasteiger partial charge >= 0.3 is 0 Å². The van der Waals surface area contributed by atoms with Crippen LogP contribution in [-0.4, -0.2) is 28.7 Å². The number of benzene rings is 1. The number of nitrogen functional groups attached to an aromatic ring is 1. The first-order chi connectivity index (χ1) is 8.95. The van der Waals surface area contributed by atoms with E-state index in [1.807, 2.05) is 0 Å². The molecule has 0 atom stereocenters. The number of sulfonamides is 1. The number of primary sulfonamides is 1. The average molecular weight is 287 g/mol. The highest BCUT2D eigenvalue weighted by molar-refractivity contribution is 7.89. The van der Waals surface area contributed by atoms with Gasteiger partial charge in [0.1, 0.15) is 4.90 Å². The van der Waals surface area contributed by atoms with Gasteiger partial charge in [0.05, 0.1) is 5.69 Å². The summed E-state index contributed by atoms with van der Waals surface area (Å²) in [6.45, 7) is 1.58. The maximum Gasteiger partial charge on any atom is 0.240 e. The fourth-order valence-corrected chi connectivity index (χ4v) is 2.34. The Morgan fingerprint density at radius 2 is 2.00 bits per heavy atom. The molecular formula is C12H21N3O3S. The number of hydrogen-bond acceptors (Lipinski definition) is 5. The molecule has 108 valence electrons. The molecule has 1 aromatic carbocycles. The van der Waals surface area contributed by atoms with Crippen molar-refractivity contribution in [3.05, 3.63) is 18.2 Å². The summed E-state index contributed by atoms with van der Waals surface area (Å²) in [6.07, 6.45) is 3.12. The molecule has 6 nitrogen and oxygen atoms in total. The van der Waals surface area contributed by atoms with Crippen LogP contribution in [0.2, 0.25) is 0 Å². The zero-order valence-corrected chi connectivity index (χ0v) is 11.9. The zero-order valence-electron chi connectivity index (χ0n) is 11.1. The van der Waals surface area contributed by atoms with Gasteiger partial charge in [-0.15, -0.1) is 0 Å². The van der Waals surface area contributed by atoms with Gasteiger partial charge in [-0.3, -0.25) is 0 Å². The van der Waals surface area contributed by atoms with E-state index in [1.54, 1.807) is 19.2 Å². The van der Waals surface area contributed by atoms with Crippen molar-refractivity contribution in [3.8, 4) is 0 Å². The van der Waals surface area contributed by atoms with Crippen LogP contribution >= 0.6 is 0 Å². The SMILES string of the molecule is COCCCCCNc1ccc(S(N)(=O)=O)c(N)c1. The third kappa shape index (κ3) is 5.46. The van der Waals surface area contributed by atoms with Crippen LogP contribution in [-0.2, 0) is 14.8 Å². The second-order valence-corrected chi connectivity index (χ2v) is 5.81. The molecule has 19 heavy (non-hydrogen) atoms. The highest BCUT2D eigenvalue weighted by Gasteiger charge is 2.11. The molecular weight excluding hydrogens is 266 g/mol. The highest BCUT2D eigenvalue weighted by Crippen LogP contribution is 2.21. The van der Waals surface area contributed by atoms with Crippen LogP contribution in [0, 0.1) is 0 Å². The van der Waals surface area contributed by atoms with Gasteiger partial charge in [0.2, 0.25) is 10.0 Å². The van der Waals surface area contributed by atoms with E-state index < -0.39 is 10.0 Å². The summed E-state index contributed by atoms with van der Waals surface area (Å²) >= 11 is 0. The highest BCUT2D eigenvalue weighted by atomic mass is 32.2. The number of nitrogens with two attached hydrogens (primary N) is 2. The molecule has 0 bridgehead atoms. The molecule has 0 amide bonds. The van der Waals surface area contributed by atoms with Crippen molar-refractivity contribution >= 4 is 21.4 Å². The molecule has 0 heterocycles. The van der Waals surface area contributed by atoms with Crippen molar-refractivity contribution in [1.29, 1.82) is 0 Å². The summed E-state index contributed by atoms with van der Waals surface area (Å²) in [5.74, 6) is 0. The molecule has 0 aliphatic heterocycles. The number of methoxy groups -OCH3 is 1. The number of hydrogen-bond donors (Lipinski definition) is 3. The van der Waals surface area contributed by atoms with Gasteiger partial charge in [0, 0.05) is 25.9 Å². The van der Waals surface area contributed by atoms with Gasteiger partial charge in [-0.2, -0.15) is 0 Å². The van der Waals surface area contributed by atoms with E-state index in [4.69, 9.17) is 15.6 Å². The van der Waals surface area contributed by atoms with E-state index in [9.17, 15) is 8.42 Å². The van der Waals surface area contributed by atoms with Gasteiger partial charge in [-0.05, 0) is 37.5 Å². The average Bonchev–Trinajstić information content (AvgIpc) is 2.32. The maximum atomic E-state index is 11.2. The van der Waals surface area contributed by atoms with Crippen molar-refractivity contribution in [3.63, 3.8) is 0 Å². The third-order valence-corrected chi connectivity index (χ3v) is 3.66. The molecule has 0 aliphatic rings. The Labute approximate surface area is 114 Å². The van der Waals surface area contributed by atoms with Crippen LogP contribution in [0.25, 0.3) is 0 Å². The molecule has 0 saturated carbocycles. The van der Waals surface area contributed by atoms with Gasteiger partial charge in [0.25, 0.3) is 0 Å². The minimum atomic E-state index is -3.75. The Kier molecular flexibility index (Phi) is 6.07. The topological polar surface area (TPSA) is 107 Å². The van der Waals surface area contributed by atoms with E-state index in [1.165, 1.54) is 6.07 Å². The first kappa shape index (κ1) is 15.7. The number of nitrogens with one attached hydrogen (secondary N) is 1. The fourth-order valence-electron chi connectivity index (χ4n) is 1.70. The molecule has 0 spiro atoms. The van der Waals surface area contributed by atoms with E-state index in [2.05, 4.69) is 5.32 Å². The van der Waals surface area contributed by atoms with Crippen molar-refractivity contribution in [1.82, 2.24) is 0 Å². The Balaban J connectivity index is 2.46. The Morgan fingerprint density at radius 1 is 1.26 bits per heavy atom. The predicted molar refractivity (Wildman–Crippen MR) is 76.4 cm³/mol. The summed E-state index contributed by atoms with van der Waals surface area (Å²) in [6, 6.07) is 4.65. The Hall–Kier alpha value is -1.31. The first-order valence-corrected chi connectivity index (χ1v) is 7.65. The standard InChI is InChI=1S/C12H21N3O3S/c1-18-8-4-2-3-7-15-10-5-6-12(11(13)9-10)19(14,16)17/h5-6,9,15H,2-4,7-8,13H2,1H3,(H2,14,16,17). The molecule has 0 aromatic heterocycles. The van der Waals surface area contributed by atoms with Crippen LogP contribution < -0.4 is 16.2 Å². The monoisotopic (exact) mass is 287 g/mol. The number of unbranched alkanes of at least 4 members (excludes halogenated alkanes) is 2. The lowest BCUT2D eigenvalue weighted by Gasteiger charge is -2.09. The lowest BCUT2D eigenvalue weighted by atomic mass is 10.2. The van der Waals surface area contributed by atoms with Gasteiger partial charge < -0.3 is 15.8 Å². The second kappa shape index (κ2) is 7.32. The summed E-state index contributed by atoms with van der Waals surface area (Å²) in [4.78, 5) is -0.0434. The number of ether oxygens (including phenoxy) is 1. The van der Waals surface area contributed by atoms with Gasteiger partial charge in [-0.1, -0.05) is 0 Å². The van der Waals surface area contributed by atoms with E-state index in [-0.39, 0.29) is 10.6 Å². The number of rotatable bonds is 8. The lowest BCUT2D eigenvalue weighted by Crippen LogP contribution is -2.14. The predicted octanol–water partition coefficient (Wildman–Crippen LogP) is 1.14. The van der Waals surface area contributed by atoms with Crippen molar-refractivity contribution in [2.45, 2.75) is 24.2 Å². The molecule has 0 fully saturated rings. The van der Waals surface area contributed by atoms with E-state index in [0.29, 0.717) is 0 Å². The van der Waals surface area contributed by atoms with Crippen LogP contribution in [0.4, 0.5) is 11.4 Å². The normalized spacial score (nSPS) is 11.5. The van der Waals surface area contributed by atoms with Crippen LogP contribution in [0.5, 0.6) is 0 Å². The van der Waals surface area contributed by atoms with Crippen molar-refractivity contribution < 1.29 is 13.2 Å². The third-order valence-electron chi connectivity index (χ3n) is 2.67. The molecule has 0 unspecified atom stereocenters.